The highest BCUT2D eigenvalue weighted by Gasteiger charge is 2.25. The van der Waals surface area contributed by atoms with E-state index in [9.17, 15) is 8.78 Å². The summed E-state index contributed by atoms with van der Waals surface area (Å²) in [6, 6.07) is 7.07. The molecule has 0 radical (unpaired) electrons. The summed E-state index contributed by atoms with van der Waals surface area (Å²) in [6.07, 6.45) is 7.77. The molecule has 0 aliphatic carbocycles. The third-order valence-electron chi connectivity index (χ3n) is 6.02. The number of nitrogens with two attached hydrogens (primary N) is 1. The molecule has 0 fully saturated rings. The molecule has 1 aliphatic heterocycles. The number of fused-ring (bicyclic) bond motifs is 2. The number of aliphatic imine (C=N–C) groups is 1. The highest BCUT2D eigenvalue weighted by molar-refractivity contribution is 6.16. The Kier molecular flexibility index (Phi) is 4.80. The fourth-order valence-corrected chi connectivity index (χ4v) is 4.37. The number of nitrogens with zero attached hydrogens (tertiary/aromatic N) is 7. The fraction of sp³-hybridized carbons (Fsp3) is 0.120. The normalized spacial score (nSPS) is 14.1. The molecule has 5 aromatic rings. The van der Waals surface area contributed by atoms with Gasteiger partial charge in [-0.2, -0.15) is 5.10 Å². The van der Waals surface area contributed by atoms with Gasteiger partial charge in [0.1, 0.15) is 29.5 Å². The lowest BCUT2D eigenvalue weighted by molar-refractivity contribution is 0.566. The van der Waals surface area contributed by atoms with Crippen LogP contribution in [0.1, 0.15) is 24.4 Å². The van der Waals surface area contributed by atoms with Crippen molar-refractivity contribution in [2.75, 3.05) is 12.3 Å². The second kappa shape index (κ2) is 8.01. The molecule has 0 saturated carbocycles. The SMILES string of the molecule is CC(c1nc2ccc(F)cc2cc1-c1cncc(F)c1)n1nc(C2=CCN=C2)c2c(N)ncnc21. The van der Waals surface area contributed by atoms with E-state index >= 15 is 0 Å². The summed E-state index contributed by atoms with van der Waals surface area (Å²) in [5.41, 5.74) is 10.5. The molecule has 1 aromatic carbocycles. The van der Waals surface area contributed by atoms with Crippen LogP contribution in [0.3, 0.4) is 0 Å². The molecule has 6 rings (SSSR count). The zero-order chi connectivity index (χ0) is 24.1. The maximum absolute atomic E-state index is 14.1. The predicted molar refractivity (Wildman–Crippen MR) is 130 cm³/mol. The van der Waals surface area contributed by atoms with Crippen LogP contribution in [-0.4, -0.2) is 42.5 Å². The van der Waals surface area contributed by atoms with Crippen LogP contribution in [-0.2, 0) is 0 Å². The van der Waals surface area contributed by atoms with E-state index < -0.39 is 11.9 Å². The Morgan fingerprint density at radius 3 is 2.74 bits per heavy atom. The minimum atomic E-state index is -0.486. The number of halogens is 2. The number of nitrogen functional groups attached to an aromatic ring is 1. The number of allylic oxidation sites excluding steroid dienone is 1. The first-order chi connectivity index (χ1) is 17.0. The van der Waals surface area contributed by atoms with E-state index in [1.165, 1.54) is 24.5 Å². The maximum Gasteiger partial charge on any atom is 0.164 e. The van der Waals surface area contributed by atoms with E-state index in [0.29, 0.717) is 56.8 Å². The van der Waals surface area contributed by atoms with Gasteiger partial charge in [0.2, 0.25) is 0 Å². The Bertz CT molecular complexity index is 1690. The fourth-order valence-electron chi connectivity index (χ4n) is 4.37. The smallest absolute Gasteiger partial charge is 0.164 e. The van der Waals surface area contributed by atoms with Gasteiger partial charge in [0.15, 0.2) is 5.65 Å². The Hall–Kier alpha value is -4.60. The van der Waals surface area contributed by atoms with E-state index in [-0.39, 0.29) is 5.82 Å². The lowest BCUT2D eigenvalue weighted by atomic mass is 9.99. The number of hydrogen-bond acceptors (Lipinski definition) is 7. The van der Waals surface area contributed by atoms with Crippen molar-refractivity contribution < 1.29 is 8.78 Å². The predicted octanol–water partition coefficient (Wildman–Crippen LogP) is 4.37. The van der Waals surface area contributed by atoms with Gasteiger partial charge in [0, 0.05) is 34.5 Å². The van der Waals surface area contributed by atoms with Crippen LogP contribution < -0.4 is 5.73 Å². The molecule has 172 valence electrons. The minimum Gasteiger partial charge on any atom is -0.383 e. The summed E-state index contributed by atoms with van der Waals surface area (Å²) < 4.78 is 29.8. The molecule has 0 bridgehead atoms. The van der Waals surface area contributed by atoms with E-state index in [1.54, 1.807) is 29.2 Å². The van der Waals surface area contributed by atoms with Crippen LogP contribution in [0.4, 0.5) is 14.6 Å². The molecule has 1 unspecified atom stereocenters. The van der Waals surface area contributed by atoms with Crippen LogP contribution in [0.15, 0.2) is 60.1 Å². The first kappa shape index (κ1) is 21.0. The number of rotatable bonds is 4. The third-order valence-corrected chi connectivity index (χ3v) is 6.02. The van der Waals surface area contributed by atoms with E-state index in [1.807, 2.05) is 13.0 Å². The molecule has 0 saturated heterocycles. The number of anilines is 1. The Morgan fingerprint density at radius 1 is 1.06 bits per heavy atom. The molecule has 10 heteroatoms. The molecule has 0 amide bonds. The largest absolute Gasteiger partial charge is 0.383 e. The molecule has 8 nitrogen and oxygen atoms in total. The van der Waals surface area contributed by atoms with Gasteiger partial charge in [0.05, 0.1) is 35.4 Å². The minimum absolute atomic E-state index is 0.307. The van der Waals surface area contributed by atoms with Gasteiger partial charge >= 0.3 is 0 Å². The molecule has 1 aliphatic rings. The topological polar surface area (TPSA) is 108 Å². The van der Waals surface area contributed by atoms with Crippen LogP contribution in [0.2, 0.25) is 0 Å². The number of benzene rings is 1. The summed E-state index contributed by atoms with van der Waals surface area (Å²) in [7, 11) is 0. The lowest BCUT2D eigenvalue weighted by Gasteiger charge is -2.18. The van der Waals surface area contributed by atoms with Crippen molar-refractivity contribution in [2.24, 2.45) is 4.99 Å². The van der Waals surface area contributed by atoms with Crippen LogP contribution in [0.25, 0.3) is 38.6 Å². The summed E-state index contributed by atoms with van der Waals surface area (Å²) in [6.45, 7) is 2.48. The summed E-state index contributed by atoms with van der Waals surface area (Å²) in [5, 5.41) is 6.05. The zero-order valence-corrected chi connectivity index (χ0v) is 18.5. The average molecular weight is 468 g/mol. The quantitative estimate of drug-likeness (QED) is 0.420. The third kappa shape index (κ3) is 3.50. The lowest BCUT2D eigenvalue weighted by Crippen LogP contribution is -2.13. The first-order valence-electron chi connectivity index (χ1n) is 10.9. The molecule has 2 N–H and O–H groups in total. The van der Waals surface area contributed by atoms with Crippen molar-refractivity contribution in [1.29, 1.82) is 0 Å². The second-order valence-electron chi connectivity index (χ2n) is 8.23. The van der Waals surface area contributed by atoms with Crippen molar-refractivity contribution >= 4 is 39.5 Å². The van der Waals surface area contributed by atoms with Crippen LogP contribution in [0.5, 0.6) is 0 Å². The van der Waals surface area contributed by atoms with Crippen molar-refractivity contribution in [3.05, 3.63) is 78.2 Å². The van der Waals surface area contributed by atoms with Gasteiger partial charge in [-0.05, 0) is 37.3 Å². The summed E-state index contributed by atoms with van der Waals surface area (Å²) >= 11 is 0. The van der Waals surface area contributed by atoms with Gasteiger partial charge in [0.25, 0.3) is 0 Å². The number of aromatic nitrogens is 6. The van der Waals surface area contributed by atoms with Gasteiger partial charge in [-0.25, -0.2) is 28.4 Å². The average Bonchev–Trinajstić information content (AvgIpc) is 3.51. The van der Waals surface area contributed by atoms with Crippen molar-refractivity contribution in [3.8, 4) is 11.1 Å². The second-order valence-corrected chi connectivity index (χ2v) is 8.23. The summed E-state index contributed by atoms with van der Waals surface area (Å²) in [5.74, 6) is -0.564. The molecule has 1 atom stereocenters. The van der Waals surface area contributed by atoms with Gasteiger partial charge < -0.3 is 5.73 Å². The molecule has 4 aromatic heterocycles. The molecule has 5 heterocycles. The molecular formula is C25H18F2N8. The number of hydrogen-bond donors (Lipinski definition) is 1. The molecule has 35 heavy (non-hydrogen) atoms. The molecule has 0 spiro atoms. The van der Waals surface area contributed by atoms with Crippen molar-refractivity contribution in [3.63, 3.8) is 0 Å². The summed E-state index contributed by atoms with van der Waals surface area (Å²) in [4.78, 5) is 21.7. The van der Waals surface area contributed by atoms with E-state index in [0.717, 1.165) is 11.8 Å². The van der Waals surface area contributed by atoms with E-state index in [4.69, 9.17) is 15.8 Å². The Labute approximate surface area is 197 Å². The van der Waals surface area contributed by atoms with Gasteiger partial charge in [-0.1, -0.05) is 6.08 Å². The van der Waals surface area contributed by atoms with Crippen LogP contribution in [0, 0.1) is 11.6 Å². The Morgan fingerprint density at radius 2 is 1.94 bits per heavy atom. The first-order valence-corrected chi connectivity index (χ1v) is 10.9. The Balaban J connectivity index is 1.61. The van der Waals surface area contributed by atoms with Gasteiger partial charge in [-0.15, -0.1) is 0 Å². The standard InChI is InChI=1S/C25H18F2N8/c1-13(35-25-21(24(28)31-12-32-25)23(34-35)14-4-5-29-9-14)22-19(16-7-18(27)11-30-10-16)8-15-6-17(26)2-3-20(15)33-22/h2-4,6-13H,5H2,1H3,(H2,28,31,32). The van der Waals surface area contributed by atoms with Crippen molar-refractivity contribution in [1.82, 2.24) is 29.7 Å². The van der Waals surface area contributed by atoms with E-state index in [2.05, 4.69) is 19.9 Å². The highest BCUT2D eigenvalue weighted by Crippen LogP contribution is 2.35. The zero-order valence-electron chi connectivity index (χ0n) is 18.5. The maximum atomic E-state index is 14.1. The monoisotopic (exact) mass is 468 g/mol. The highest BCUT2D eigenvalue weighted by atomic mass is 19.1. The number of pyridine rings is 2. The van der Waals surface area contributed by atoms with Crippen LogP contribution >= 0.6 is 0 Å². The molecular weight excluding hydrogens is 450 g/mol. The van der Waals surface area contributed by atoms with Crippen molar-refractivity contribution in [2.45, 2.75) is 13.0 Å². The van der Waals surface area contributed by atoms with Gasteiger partial charge in [-0.3, -0.25) is 9.98 Å².